The molecule has 6 rings (SSSR count). The summed E-state index contributed by atoms with van der Waals surface area (Å²) in [4.78, 5) is 25.2. The predicted octanol–water partition coefficient (Wildman–Crippen LogP) is 3.73. The van der Waals surface area contributed by atoms with Crippen LogP contribution in [-0.2, 0) is 4.74 Å². The van der Waals surface area contributed by atoms with Gasteiger partial charge in [0.25, 0.3) is 0 Å². The minimum Gasteiger partial charge on any atom is -0.352 e. The van der Waals surface area contributed by atoms with Crippen LogP contribution in [0.2, 0.25) is 0 Å². The average Bonchev–Trinajstić information content (AvgIpc) is 3.38. The Morgan fingerprint density at radius 1 is 0.739 bits per heavy atom. The van der Waals surface area contributed by atoms with Gasteiger partial charge in [0.05, 0.1) is 0 Å². The second-order valence-corrected chi connectivity index (χ2v) is 6.36. The molecule has 3 heteroatoms. The molecule has 0 amide bonds. The first-order chi connectivity index (χ1) is 11.2. The highest BCUT2D eigenvalue weighted by Crippen LogP contribution is 2.43. The van der Waals surface area contributed by atoms with Crippen LogP contribution in [0.1, 0.15) is 20.7 Å². The maximum Gasteiger partial charge on any atom is 0.196 e. The highest BCUT2D eigenvalue weighted by atomic mass is 16.6. The maximum absolute atomic E-state index is 12.7. The molecule has 2 unspecified atom stereocenters. The molecule has 3 nitrogen and oxygen atoms in total. The summed E-state index contributed by atoms with van der Waals surface area (Å²) in [6.45, 7) is 0. The summed E-state index contributed by atoms with van der Waals surface area (Å²) in [5.74, 6) is -0.113. The number of rotatable bonds is 0. The lowest BCUT2D eigenvalue weighted by molar-refractivity contribution is 0.0923. The fraction of sp³-hybridized carbons (Fsp3) is 0.100. The number of hydrogen-bond donors (Lipinski definition) is 0. The molecule has 2 atom stereocenters. The molecule has 4 aromatic rings. The summed E-state index contributed by atoms with van der Waals surface area (Å²) in [6, 6.07) is 16.2. The van der Waals surface area contributed by atoms with Crippen LogP contribution in [0.25, 0.3) is 32.3 Å². The first-order valence-corrected chi connectivity index (χ1v) is 7.68. The lowest BCUT2D eigenvalue weighted by atomic mass is 9.82. The van der Waals surface area contributed by atoms with Gasteiger partial charge >= 0.3 is 0 Å². The number of carbonyl (C=O) groups is 2. The zero-order valence-electron chi connectivity index (χ0n) is 12.0. The Kier molecular flexibility index (Phi) is 1.83. The Bertz CT molecular complexity index is 1170. The summed E-state index contributed by atoms with van der Waals surface area (Å²) in [5.41, 5.74) is 1.05. The summed E-state index contributed by atoms with van der Waals surface area (Å²) < 4.78 is 5.29. The molecule has 1 fully saturated rings. The third-order valence-electron chi connectivity index (χ3n) is 5.17. The number of epoxide rings is 1. The van der Waals surface area contributed by atoms with Gasteiger partial charge in [0, 0.05) is 11.1 Å². The van der Waals surface area contributed by atoms with Crippen molar-refractivity contribution in [2.75, 3.05) is 0 Å². The lowest BCUT2D eigenvalue weighted by Crippen LogP contribution is -2.26. The van der Waals surface area contributed by atoms with Crippen LogP contribution < -0.4 is 0 Å². The average molecular weight is 298 g/mol. The number of hydrogen-bond acceptors (Lipinski definition) is 3. The first-order valence-electron chi connectivity index (χ1n) is 7.68. The van der Waals surface area contributed by atoms with Crippen LogP contribution >= 0.6 is 0 Å². The van der Waals surface area contributed by atoms with Gasteiger partial charge in [-0.1, -0.05) is 42.5 Å². The second-order valence-electron chi connectivity index (χ2n) is 6.36. The molecule has 0 N–H and O–H groups in total. The quantitative estimate of drug-likeness (QED) is 0.367. The Labute approximate surface area is 130 Å². The molecule has 2 aliphatic rings. The largest absolute Gasteiger partial charge is 0.352 e. The van der Waals surface area contributed by atoms with Crippen LogP contribution in [0.3, 0.4) is 0 Å². The minimum atomic E-state index is -0.562. The predicted molar refractivity (Wildman–Crippen MR) is 87.5 cm³/mol. The van der Waals surface area contributed by atoms with Gasteiger partial charge in [-0.15, -0.1) is 0 Å². The van der Waals surface area contributed by atoms with Crippen LogP contribution in [0, 0.1) is 0 Å². The Balaban J connectivity index is 1.91. The molecular weight excluding hydrogens is 288 g/mol. The lowest BCUT2D eigenvalue weighted by Gasteiger charge is -2.17. The number of carbonyl (C=O) groups excluding carboxylic acids is 2. The van der Waals surface area contributed by atoms with Crippen molar-refractivity contribution in [2.24, 2.45) is 0 Å². The number of fused-ring (bicyclic) bond motifs is 3. The Morgan fingerprint density at radius 3 is 2.26 bits per heavy atom. The van der Waals surface area contributed by atoms with E-state index in [9.17, 15) is 9.59 Å². The molecule has 0 saturated carbocycles. The van der Waals surface area contributed by atoms with Crippen molar-refractivity contribution in [2.45, 2.75) is 12.2 Å². The third kappa shape index (κ3) is 1.26. The number of Topliss-reactive ketones (excluding diaryl/α,β-unsaturated/α-hetero) is 2. The van der Waals surface area contributed by atoms with E-state index in [1.54, 1.807) is 0 Å². The maximum atomic E-state index is 12.7. The van der Waals surface area contributed by atoms with E-state index < -0.39 is 12.2 Å². The standard InChI is InChI=1S/C20H10O3/c21-17-13-8-11-5-4-9-2-1-3-10-6-7-12(15(11)14(9)10)16(13)18(22)20-19(17)23-20/h1-8,19-20H. The Hall–Kier alpha value is -2.78. The van der Waals surface area contributed by atoms with Gasteiger partial charge in [0.15, 0.2) is 23.8 Å². The van der Waals surface area contributed by atoms with Crippen molar-refractivity contribution in [3.8, 4) is 0 Å². The van der Waals surface area contributed by atoms with Crippen molar-refractivity contribution in [3.05, 3.63) is 59.7 Å². The molecule has 23 heavy (non-hydrogen) atoms. The smallest absolute Gasteiger partial charge is 0.196 e. The van der Waals surface area contributed by atoms with Gasteiger partial charge in [0.1, 0.15) is 0 Å². The van der Waals surface area contributed by atoms with E-state index in [-0.39, 0.29) is 11.6 Å². The molecule has 1 heterocycles. The number of ether oxygens (including phenoxy) is 1. The van der Waals surface area contributed by atoms with Crippen LogP contribution in [0.5, 0.6) is 0 Å². The van der Waals surface area contributed by atoms with Crippen LogP contribution in [0.4, 0.5) is 0 Å². The molecule has 108 valence electrons. The van der Waals surface area contributed by atoms with Gasteiger partial charge in [0.2, 0.25) is 0 Å². The van der Waals surface area contributed by atoms with Crippen molar-refractivity contribution in [1.82, 2.24) is 0 Å². The SMILES string of the molecule is O=C1c2cc3ccc4cccc5ccc(c2C(=O)C2OC12)c3c45. The van der Waals surface area contributed by atoms with Gasteiger partial charge in [-0.3, -0.25) is 9.59 Å². The summed E-state index contributed by atoms with van der Waals surface area (Å²) >= 11 is 0. The zero-order chi connectivity index (χ0) is 15.3. The molecule has 1 aliphatic heterocycles. The van der Waals surface area contributed by atoms with Crippen LogP contribution in [-0.4, -0.2) is 23.8 Å². The number of benzene rings is 4. The topological polar surface area (TPSA) is 46.7 Å². The zero-order valence-corrected chi connectivity index (χ0v) is 12.0. The normalized spacial score (nSPS) is 22.8. The molecule has 0 bridgehead atoms. The monoisotopic (exact) mass is 298 g/mol. The highest BCUT2D eigenvalue weighted by molar-refractivity contribution is 6.32. The van der Waals surface area contributed by atoms with E-state index in [0.29, 0.717) is 11.1 Å². The summed E-state index contributed by atoms with van der Waals surface area (Å²) in [5, 5.41) is 6.40. The molecule has 1 aliphatic carbocycles. The van der Waals surface area contributed by atoms with Crippen molar-refractivity contribution < 1.29 is 14.3 Å². The minimum absolute atomic E-state index is 0.0532. The third-order valence-corrected chi connectivity index (χ3v) is 5.17. The van der Waals surface area contributed by atoms with E-state index in [4.69, 9.17) is 4.74 Å². The molecule has 0 spiro atoms. The van der Waals surface area contributed by atoms with Crippen molar-refractivity contribution >= 4 is 43.9 Å². The van der Waals surface area contributed by atoms with E-state index in [1.807, 2.05) is 30.3 Å². The molecular formula is C20H10O3. The van der Waals surface area contributed by atoms with Gasteiger partial charge in [-0.05, 0) is 38.4 Å². The summed E-state index contributed by atoms with van der Waals surface area (Å²) in [6.07, 6.45) is -1.11. The van der Waals surface area contributed by atoms with Crippen molar-refractivity contribution in [3.63, 3.8) is 0 Å². The van der Waals surface area contributed by atoms with E-state index in [0.717, 1.165) is 32.3 Å². The van der Waals surface area contributed by atoms with E-state index in [1.165, 1.54) is 0 Å². The molecule has 1 saturated heterocycles. The fourth-order valence-corrected chi connectivity index (χ4v) is 4.08. The molecule has 0 aromatic heterocycles. The highest BCUT2D eigenvalue weighted by Gasteiger charge is 2.55. The molecule has 0 radical (unpaired) electrons. The van der Waals surface area contributed by atoms with Crippen LogP contribution in [0.15, 0.2) is 48.5 Å². The number of ketones is 2. The van der Waals surface area contributed by atoms with Gasteiger partial charge in [-0.2, -0.15) is 0 Å². The first kappa shape index (κ1) is 11.7. The van der Waals surface area contributed by atoms with E-state index in [2.05, 4.69) is 18.2 Å². The second kappa shape index (κ2) is 3.58. The Morgan fingerprint density at radius 2 is 1.43 bits per heavy atom. The molecule has 4 aromatic carbocycles. The van der Waals surface area contributed by atoms with Gasteiger partial charge < -0.3 is 4.74 Å². The fourth-order valence-electron chi connectivity index (χ4n) is 4.08. The van der Waals surface area contributed by atoms with E-state index >= 15 is 0 Å². The van der Waals surface area contributed by atoms with Crippen molar-refractivity contribution in [1.29, 1.82) is 0 Å². The van der Waals surface area contributed by atoms with Gasteiger partial charge in [-0.25, -0.2) is 0 Å². The summed E-state index contributed by atoms with van der Waals surface area (Å²) in [7, 11) is 0.